The Balaban J connectivity index is 1.89. The highest BCUT2D eigenvalue weighted by molar-refractivity contribution is 7.90. The van der Waals surface area contributed by atoms with Gasteiger partial charge in [0.1, 0.15) is 5.69 Å². The minimum absolute atomic E-state index is 0.0827. The number of nitro benzene ring substituents is 1. The van der Waals surface area contributed by atoms with Crippen molar-refractivity contribution in [2.24, 2.45) is 4.99 Å². The summed E-state index contributed by atoms with van der Waals surface area (Å²) in [7, 11) is 0.138. The number of rotatable bonds is 9. The van der Waals surface area contributed by atoms with Gasteiger partial charge in [-0.1, -0.05) is 6.07 Å². The van der Waals surface area contributed by atoms with Crippen LogP contribution >= 0.6 is 11.3 Å². The first-order chi connectivity index (χ1) is 13.7. The van der Waals surface area contributed by atoms with Crippen molar-refractivity contribution in [2.75, 3.05) is 45.3 Å². The van der Waals surface area contributed by atoms with Gasteiger partial charge in [0.25, 0.3) is 5.69 Å². The first-order valence-corrected chi connectivity index (χ1v) is 11.7. The van der Waals surface area contributed by atoms with Gasteiger partial charge in [-0.15, -0.1) is 11.3 Å². The van der Waals surface area contributed by atoms with Crippen LogP contribution in [0.5, 0.6) is 0 Å². The summed E-state index contributed by atoms with van der Waals surface area (Å²) in [5, 5.41) is 19.5. The normalized spacial score (nSPS) is 11.9. The molecule has 0 spiro atoms. The largest absolute Gasteiger partial charge is 0.378 e. The number of hydrogen-bond donors (Lipinski definition) is 2. The van der Waals surface area contributed by atoms with Gasteiger partial charge in [-0.3, -0.25) is 15.1 Å². The van der Waals surface area contributed by atoms with E-state index in [-0.39, 0.29) is 16.3 Å². The third kappa shape index (κ3) is 6.71. The lowest BCUT2D eigenvalue weighted by molar-refractivity contribution is -0.384. The van der Waals surface area contributed by atoms with Gasteiger partial charge in [-0.25, -0.2) is 8.42 Å². The third-order valence-electron chi connectivity index (χ3n) is 4.16. The molecule has 2 aromatic rings. The Morgan fingerprint density at radius 3 is 2.66 bits per heavy atom. The summed E-state index contributed by atoms with van der Waals surface area (Å²) in [4.78, 5) is 18.2. The summed E-state index contributed by atoms with van der Waals surface area (Å²) in [6.45, 7) is 1.70. The SMILES string of the molecule is CN=C(NCCNc1ccc(S(C)(=O)=O)cc1[N+](=O)[O-])N(C)CCc1cccs1. The van der Waals surface area contributed by atoms with Gasteiger partial charge in [-0.05, 0) is 30.0 Å². The lowest BCUT2D eigenvalue weighted by Crippen LogP contribution is -2.41. The molecule has 0 saturated heterocycles. The fourth-order valence-electron chi connectivity index (χ4n) is 2.64. The number of nitrogens with one attached hydrogen (secondary N) is 2. The average molecular weight is 440 g/mol. The summed E-state index contributed by atoms with van der Waals surface area (Å²) in [5.41, 5.74) is -0.00406. The van der Waals surface area contributed by atoms with E-state index in [0.29, 0.717) is 13.1 Å². The third-order valence-corrected chi connectivity index (χ3v) is 6.21. The van der Waals surface area contributed by atoms with Crippen molar-refractivity contribution >= 4 is 38.5 Å². The van der Waals surface area contributed by atoms with E-state index in [4.69, 9.17) is 0 Å². The van der Waals surface area contributed by atoms with Crippen molar-refractivity contribution < 1.29 is 13.3 Å². The van der Waals surface area contributed by atoms with E-state index >= 15 is 0 Å². The maximum absolute atomic E-state index is 11.6. The molecule has 0 fully saturated rings. The molecule has 0 unspecified atom stereocenters. The fraction of sp³-hybridized carbons (Fsp3) is 0.389. The van der Waals surface area contributed by atoms with E-state index in [0.717, 1.165) is 31.2 Å². The predicted molar refractivity (Wildman–Crippen MR) is 117 cm³/mol. The number of aliphatic imine (C=N–C) groups is 1. The lowest BCUT2D eigenvalue weighted by Gasteiger charge is -2.22. The zero-order chi connectivity index (χ0) is 21.4. The minimum Gasteiger partial charge on any atom is -0.378 e. The second kappa shape index (κ2) is 10.2. The first-order valence-electron chi connectivity index (χ1n) is 8.89. The molecule has 0 saturated carbocycles. The molecule has 29 heavy (non-hydrogen) atoms. The second-order valence-electron chi connectivity index (χ2n) is 6.36. The summed E-state index contributed by atoms with van der Waals surface area (Å²) in [5.74, 6) is 0.727. The Labute approximate surface area is 174 Å². The second-order valence-corrected chi connectivity index (χ2v) is 9.41. The molecule has 0 amide bonds. The molecule has 0 aliphatic carbocycles. The zero-order valence-corrected chi connectivity index (χ0v) is 18.2. The molecular weight excluding hydrogens is 414 g/mol. The predicted octanol–water partition coefficient (Wildman–Crippen LogP) is 2.22. The number of benzene rings is 1. The van der Waals surface area contributed by atoms with E-state index < -0.39 is 14.8 Å². The van der Waals surface area contributed by atoms with Crippen LogP contribution in [-0.2, 0) is 16.3 Å². The van der Waals surface area contributed by atoms with Crippen LogP contribution in [-0.4, -0.2) is 64.2 Å². The van der Waals surface area contributed by atoms with Gasteiger partial charge in [0.15, 0.2) is 15.8 Å². The van der Waals surface area contributed by atoms with Gasteiger partial charge in [0.2, 0.25) is 0 Å². The number of hydrogen-bond acceptors (Lipinski definition) is 7. The Morgan fingerprint density at radius 2 is 2.07 bits per heavy atom. The highest BCUT2D eigenvalue weighted by Crippen LogP contribution is 2.27. The number of nitro groups is 1. The maximum atomic E-state index is 11.6. The van der Waals surface area contributed by atoms with E-state index in [1.807, 2.05) is 18.0 Å². The number of thiophene rings is 1. The topological polar surface area (TPSA) is 117 Å². The van der Waals surface area contributed by atoms with Crippen LogP contribution in [0.4, 0.5) is 11.4 Å². The molecule has 1 aromatic carbocycles. The van der Waals surface area contributed by atoms with Gasteiger partial charge in [0, 0.05) is 50.9 Å². The van der Waals surface area contributed by atoms with Crippen molar-refractivity contribution in [1.29, 1.82) is 0 Å². The number of anilines is 1. The molecule has 158 valence electrons. The molecule has 0 atom stereocenters. The number of likely N-dealkylation sites (N-methyl/N-ethyl adjacent to an activating group) is 1. The van der Waals surface area contributed by atoms with Crippen LogP contribution in [0.1, 0.15) is 4.88 Å². The van der Waals surface area contributed by atoms with Crippen LogP contribution in [0.2, 0.25) is 0 Å². The molecule has 0 bridgehead atoms. The number of nitrogens with zero attached hydrogens (tertiary/aromatic N) is 3. The summed E-state index contributed by atoms with van der Waals surface area (Å²) < 4.78 is 23.2. The number of sulfone groups is 1. The van der Waals surface area contributed by atoms with E-state index in [2.05, 4.69) is 27.1 Å². The Hall–Kier alpha value is -2.66. The first kappa shape index (κ1) is 22.6. The summed E-state index contributed by atoms with van der Waals surface area (Å²) >= 11 is 1.72. The lowest BCUT2D eigenvalue weighted by atomic mass is 10.2. The van der Waals surface area contributed by atoms with Crippen LogP contribution in [0.3, 0.4) is 0 Å². The maximum Gasteiger partial charge on any atom is 0.293 e. The molecule has 0 radical (unpaired) electrons. The van der Waals surface area contributed by atoms with Gasteiger partial charge in [0.05, 0.1) is 9.82 Å². The van der Waals surface area contributed by atoms with E-state index in [9.17, 15) is 18.5 Å². The summed E-state index contributed by atoms with van der Waals surface area (Å²) in [6, 6.07) is 7.97. The fourth-order valence-corrected chi connectivity index (χ4v) is 3.98. The van der Waals surface area contributed by atoms with Crippen molar-refractivity contribution in [3.8, 4) is 0 Å². The molecule has 0 aliphatic heterocycles. The highest BCUT2D eigenvalue weighted by atomic mass is 32.2. The smallest absolute Gasteiger partial charge is 0.293 e. The van der Waals surface area contributed by atoms with E-state index in [1.165, 1.54) is 17.0 Å². The molecular formula is C18H25N5O4S2. The Bertz CT molecular complexity index is 959. The average Bonchev–Trinajstić information content (AvgIpc) is 3.19. The van der Waals surface area contributed by atoms with Crippen LogP contribution in [0.15, 0.2) is 45.6 Å². The minimum atomic E-state index is -3.51. The molecule has 9 nitrogen and oxygen atoms in total. The molecule has 1 heterocycles. The highest BCUT2D eigenvalue weighted by Gasteiger charge is 2.18. The van der Waals surface area contributed by atoms with Crippen molar-refractivity contribution in [3.05, 3.63) is 50.7 Å². The molecule has 0 aliphatic rings. The standard InChI is InChI=1S/C18H25N5O4S2/c1-19-18(22(2)11-8-14-5-4-12-28-14)21-10-9-20-16-7-6-15(29(3,26)27)13-17(16)23(24)25/h4-7,12-13,20H,8-11H2,1-3H3,(H,19,21). The van der Waals surface area contributed by atoms with Crippen molar-refractivity contribution in [2.45, 2.75) is 11.3 Å². The van der Waals surface area contributed by atoms with Gasteiger partial charge < -0.3 is 15.5 Å². The van der Waals surface area contributed by atoms with Crippen molar-refractivity contribution in [3.63, 3.8) is 0 Å². The number of guanidine groups is 1. The molecule has 1 aromatic heterocycles. The summed E-state index contributed by atoms with van der Waals surface area (Å²) in [6.07, 6.45) is 1.94. The van der Waals surface area contributed by atoms with Crippen LogP contribution in [0, 0.1) is 10.1 Å². The monoisotopic (exact) mass is 439 g/mol. The zero-order valence-electron chi connectivity index (χ0n) is 16.6. The molecule has 11 heteroatoms. The quantitative estimate of drug-likeness (QED) is 0.202. The van der Waals surface area contributed by atoms with Gasteiger partial charge >= 0.3 is 0 Å². The Morgan fingerprint density at radius 1 is 1.31 bits per heavy atom. The molecule has 2 rings (SSSR count). The van der Waals surface area contributed by atoms with Crippen molar-refractivity contribution in [1.82, 2.24) is 10.2 Å². The Kier molecular flexibility index (Phi) is 7.97. The molecule has 2 N–H and O–H groups in total. The van der Waals surface area contributed by atoms with Gasteiger partial charge in [-0.2, -0.15) is 0 Å². The van der Waals surface area contributed by atoms with Crippen LogP contribution in [0.25, 0.3) is 0 Å². The van der Waals surface area contributed by atoms with E-state index in [1.54, 1.807) is 18.4 Å². The van der Waals surface area contributed by atoms with Crippen LogP contribution < -0.4 is 10.6 Å².